The fourth-order valence-electron chi connectivity index (χ4n) is 1.34. The SMILES string of the molecule is CCCc1cc(=O)[nH]c(-c2cncs2)n1. The first-order valence-corrected chi connectivity index (χ1v) is 5.66. The lowest BCUT2D eigenvalue weighted by atomic mass is 10.2. The van der Waals surface area contributed by atoms with Crippen molar-refractivity contribution >= 4 is 11.3 Å². The van der Waals surface area contributed by atoms with Gasteiger partial charge in [-0.3, -0.25) is 9.78 Å². The highest BCUT2D eigenvalue weighted by Crippen LogP contribution is 2.17. The predicted molar refractivity (Wildman–Crippen MR) is 60.0 cm³/mol. The average molecular weight is 221 g/mol. The fourth-order valence-corrected chi connectivity index (χ4v) is 1.91. The Hall–Kier alpha value is -1.49. The van der Waals surface area contributed by atoms with E-state index in [2.05, 4.69) is 21.9 Å². The molecular weight excluding hydrogens is 210 g/mol. The molecule has 0 saturated carbocycles. The number of aromatic nitrogens is 3. The van der Waals surface area contributed by atoms with Gasteiger partial charge in [0.15, 0.2) is 5.82 Å². The molecule has 4 nitrogen and oxygen atoms in total. The van der Waals surface area contributed by atoms with Crippen molar-refractivity contribution in [2.45, 2.75) is 19.8 Å². The molecule has 15 heavy (non-hydrogen) atoms. The Labute approximate surface area is 91.0 Å². The van der Waals surface area contributed by atoms with E-state index >= 15 is 0 Å². The lowest BCUT2D eigenvalue weighted by Crippen LogP contribution is -2.09. The number of hydrogen-bond acceptors (Lipinski definition) is 4. The molecule has 2 aromatic heterocycles. The number of aryl methyl sites for hydroxylation is 1. The zero-order valence-electron chi connectivity index (χ0n) is 8.36. The summed E-state index contributed by atoms with van der Waals surface area (Å²) >= 11 is 1.47. The Kier molecular flexibility index (Phi) is 2.91. The molecule has 0 fully saturated rings. The molecule has 0 aromatic carbocycles. The standard InChI is InChI=1S/C10H11N3OS/c1-2-3-7-4-9(14)13-10(12-7)8-5-11-6-15-8/h4-6H,2-3H2,1H3,(H,12,13,14). The average Bonchev–Trinajstić information content (AvgIpc) is 2.70. The van der Waals surface area contributed by atoms with E-state index in [0.29, 0.717) is 5.82 Å². The molecule has 0 aliphatic carbocycles. The zero-order valence-corrected chi connectivity index (χ0v) is 9.17. The quantitative estimate of drug-likeness (QED) is 0.860. The van der Waals surface area contributed by atoms with Crippen LogP contribution in [0.5, 0.6) is 0 Å². The third-order valence-corrected chi connectivity index (χ3v) is 2.75. The first-order chi connectivity index (χ1) is 7.29. The van der Waals surface area contributed by atoms with Crippen LogP contribution in [0.1, 0.15) is 19.0 Å². The molecule has 0 atom stereocenters. The van der Waals surface area contributed by atoms with Gasteiger partial charge >= 0.3 is 0 Å². The molecule has 0 spiro atoms. The van der Waals surface area contributed by atoms with Crippen molar-refractivity contribution < 1.29 is 0 Å². The lowest BCUT2D eigenvalue weighted by molar-refractivity contribution is 0.870. The molecule has 1 N–H and O–H groups in total. The number of rotatable bonds is 3. The number of nitrogens with one attached hydrogen (secondary N) is 1. The molecule has 0 radical (unpaired) electrons. The van der Waals surface area contributed by atoms with Gasteiger partial charge in [-0.2, -0.15) is 0 Å². The Morgan fingerprint density at radius 2 is 2.40 bits per heavy atom. The van der Waals surface area contributed by atoms with Crippen LogP contribution in [-0.2, 0) is 6.42 Å². The van der Waals surface area contributed by atoms with Crippen LogP contribution in [-0.4, -0.2) is 15.0 Å². The second kappa shape index (κ2) is 4.35. The molecule has 0 unspecified atom stereocenters. The summed E-state index contributed by atoms with van der Waals surface area (Å²) in [5.74, 6) is 0.619. The lowest BCUT2D eigenvalue weighted by Gasteiger charge is -2.00. The van der Waals surface area contributed by atoms with Crippen molar-refractivity contribution in [3.05, 3.63) is 33.8 Å². The van der Waals surface area contributed by atoms with Crippen molar-refractivity contribution in [2.24, 2.45) is 0 Å². The van der Waals surface area contributed by atoms with E-state index in [1.807, 2.05) is 0 Å². The van der Waals surface area contributed by atoms with E-state index in [1.165, 1.54) is 11.3 Å². The topological polar surface area (TPSA) is 58.6 Å². The highest BCUT2D eigenvalue weighted by Gasteiger charge is 2.04. The van der Waals surface area contributed by atoms with Crippen LogP contribution in [0.15, 0.2) is 22.6 Å². The minimum atomic E-state index is -0.100. The number of H-pyrrole nitrogens is 1. The van der Waals surface area contributed by atoms with Gasteiger partial charge < -0.3 is 4.98 Å². The van der Waals surface area contributed by atoms with Gasteiger partial charge in [-0.05, 0) is 6.42 Å². The Morgan fingerprint density at radius 1 is 1.53 bits per heavy atom. The minimum Gasteiger partial charge on any atom is -0.306 e. The van der Waals surface area contributed by atoms with Crippen molar-refractivity contribution in [1.82, 2.24) is 15.0 Å². The van der Waals surface area contributed by atoms with E-state index in [1.54, 1.807) is 17.8 Å². The summed E-state index contributed by atoms with van der Waals surface area (Å²) in [7, 11) is 0. The molecule has 78 valence electrons. The van der Waals surface area contributed by atoms with E-state index in [4.69, 9.17) is 0 Å². The Bertz CT molecular complexity index is 490. The van der Waals surface area contributed by atoms with E-state index < -0.39 is 0 Å². The van der Waals surface area contributed by atoms with Crippen LogP contribution in [0, 0.1) is 0 Å². The molecule has 0 aliphatic heterocycles. The van der Waals surface area contributed by atoms with Gasteiger partial charge in [0.2, 0.25) is 0 Å². The van der Waals surface area contributed by atoms with Gasteiger partial charge in [-0.1, -0.05) is 13.3 Å². The maximum Gasteiger partial charge on any atom is 0.251 e. The summed E-state index contributed by atoms with van der Waals surface area (Å²) < 4.78 is 0. The second-order valence-electron chi connectivity index (χ2n) is 3.20. The van der Waals surface area contributed by atoms with Gasteiger partial charge in [0.05, 0.1) is 10.4 Å². The van der Waals surface area contributed by atoms with Crippen LogP contribution in [0.25, 0.3) is 10.7 Å². The molecule has 2 rings (SSSR count). The molecule has 2 heterocycles. The maximum atomic E-state index is 11.4. The van der Waals surface area contributed by atoms with Crippen molar-refractivity contribution in [3.8, 4) is 10.7 Å². The first-order valence-electron chi connectivity index (χ1n) is 4.78. The van der Waals surface area contributed by atoms with Gasteiger partial charge in [0, 0.05) is 18.0 Å². The van der Waals surface area contributed by atoms with Crippen LogP contribution in [0.2, 0.25) is 0 Å². The smallest absolute Gasteiger partial charge is 0.251 e. The minimum absolute atomic E-state index is 0.100. The number of thiazole rings is 1. The molecule has 0 saturated heterocycles. The highest BCUT2D eigenvalue weighted by molar-refractivity contribution is 7.13. The normalized spacial score (nSPS) is 10.5. The fraction of sp³-hybridized carbons (Fsp3) is 0.300. The Balaban J connectivity index is 2.44. The van der Waals surface area contributed by atoms with E-state index in [9.17, 15) is 4.79 Å². The molecule has 2 aromatic rings. The Morgan fingerprint density at radius 3 is 3.07 bits per heavy atom. The summed E-state index contributed by atoms with van der Waals surface area (Å²) in [5, 5.41) is 0. The summed E-state index contributed by atoms with van der Waals surface area (Å²) in [4.78, 5) is 23.3. The summed E-state index contributed by atoms with van der Waals surface area (Å²) in [6.07, 6.45) is 3.52. The number of nitrogens with zero attached hydrogens (tertiary/aromatic N) is 2. The van der Waals surface area contributed by atoms with E-state index in [-0.39, 0.29) is 5.56 Å². The maximum absolute atomic E-state index is 11.4. The molecule has 5 heteroatoms. The highest BCUT2D eigenvalue weighted by atomic mass is 32.1. The number of aromatic amines is 1. The van der Waals surface area contributed by atoms with Crippen LogP contribution >= 0.6 is 11.3 Å². The summed E-state index contributed by atoms with van der Waals surface area (Å²) in [5.41, 5.74) is 2.46. The van der Waals surface area contributed by atoms with Crippen molar-refractivity contribution in [1.29, 1.82) is 0 Å². The molecule has 0 amide bonds. The molecule has 0 aliphatic rings. The third-order valence-electron chi connectivity index (χ3n) is 1.97. The second-order valence-corrected chi connectivity index (χ2v) is 4.09. The van der Waals surface area contributed by atoms with Gasteiger partial charge in [-0.25, -0.2) is 4.98 Å². The monoisotopic (exact) mass is 221 g/mol. The first kappa shape index (κ1) is 10.0. The largest absolute Gasteiger partial charge is 0.306 e. The van der Waals surface area contributed by atoms with Gasteiger partial charge in [-0.15, -0.1) is 11.3 Å². The van der Waals surface area contributed by atoms with Crippen molar-refractivity contribution in [2.75, 3.05) is 0 Å². The summed E-state index contributed by atoms with van der Waals surface area (Å²) in [6, 6.07) is 1.55. The van der Waals surface area contributed by atoms with Crippen LogP contribution < -0.4 is 5.56 Å². The number of hydrogen-bond donors (Lipinski definition) is 1. The summed E-state index contributed by atoms with van der Waals surface area (Å²) in [6.45, 7) is 2.06. The zero-order chi connectivity index (χ0) is 10.7. The van der Waals surface area contributed by atoms with Gasteiger partial charge in [0.25, 0.3) is 5.56 Å². The predicted octanol–water partition coefficient (Wildman–Crippen LogP) is 1.85. The van der Waals surface area contributed by atoms with Crippen LogP contribution in [0.3, 0.4) is 0 Å². The van der Waals surface area contributed by atoms with Crippen molar-refractivity contribution in [3.63, 3.8) is 0 Å². The van der Waals surface area contributed by atoms with Gasteiger partial charge in [0.1, 0.15) is 0 Å². The third kappa shape index (κ3) is 2.30. The molecule has 0 bridgehead atoms. The van der Waals surface area contributed by atoms with Crippen LogP contribution in [0.4, 0.5) is 0 Å². The molecular formula is C10H11N3OS. The van der Waals surface area contributed by atoms with E-state index in [0.717, 1.165) is 23.4 Å².